The summed E-state index contributed by atoms with van der Waals surface area (Å²) in [4.78, 5) is 27.3. The molecule has 2 N–H and O–H groups in total. The molecule has 2 aromatic carbocycles. The first-order valence-electron chi connectivity index (χ1n) is 10.3. The van der Waals surface area contributed by atoms with Crippen LogP contribution in [0.1, 0.15) is 35.2 Å². The fraction of sp³-hybridized carbons (Fsp3) is 0.391. The molecule has 2 aliphatic rings. The Kier molecular flexibility index (Phi) is 5.86. The number of hydrogen-bond donors (Lipinski definition) is 2. The monoisotopic (exact) mass is 427 g/mol. The molecule has 0 bridgehead atoms. The third kappa shape index (κ3) is 4.54. The number of methoxy groups -OCH3 is 1. The second-order valence-electron chi connectivity index (χ2n) is 8.04. The lowest BCUT2D eigenvalue weighted by Crippen LogP contribution is -2.37. The molecule has 1 aliphatic carbocycles. The van der Waals surface area contributed by atoms with Gasteiger partial charge in [0.1, 0.15) is 5.75 Å². The SMILES string of the molecule is COc1cc(NC(=O)C2CC2)c(Cl)cc1C(=O)NC1CCN(c2cccc(C)c2)C1. The number of carbonyl (C=O) groups is 2. The maximum absolute atomic E-state index is 12.9. The Morgan fingerprint density at radius 1 is 1.17 bits per heavy atom. The van der Waals surface area contributed by atoms with Gasteiger partial charge < -0.3 is 20.3 Å². The quantitative estimate of drug-likeness (QED) is 0.730. The predicted molar refractivity (Wildman–Crippen MR) is 119 cm³/mol. The molecule has 7 heteroatoms. The highest BCUT2D eigenvalue weighted by molar-refractivity contribution is 6.34. The van der Waals surface area contributed by atoms with E-state index in [0.29, 0.717) is 22.0 Å². The summed E-state index contributed by atoms with van der Waals surface area (Å²) >= 11 is 6.35. The summed E-state index contributed by atoms with van der Waals surface area (Å²) in [5.74, 6) is 0.175. The van der Waals surface area contributed by atoms with Gasteiger partial charge in [-0.1, -0.05) is 23.7 Å². The number of nitrogens with one attached hydrogen (secondary N) is 2. The molecule has 2 aromatic rings. The predicted octanol–water partition coefficient (Wildman–Crippen LogP) is 4.01. The van der Waals surface area contributed by atoms with E-state index in [1.807, 2.05) is 6.07 Å². The van der Waals surface area contributed by atoms with E-state index in [1.165, 1.54) is 18.4 Å². The normalized spacial score (nSPS) is 18.2. The molecule has 1 saturated heterocycles. The maximum atomic E-state index is 12.9. The minimum absolute atomic E-state index is 0.0377. The smallest absolute Gasteiger partial charge is 0.255 e. The van der Waals surface area contributed by atoms with Crippen molar-refractivity contribution in [2.45, 2.75) is 32.2 Å². The van der Waals surface area contributed by atoms with Crippen LogP contribution in [0.15, 0.2) is 36.4 Å². The van der Waals surface area contributed by atoms with Gasteiger partial charge in [-0.3, -0.25) is 9.59 Å². The topological polar surface area (TPSA) is 70.7 Å². The van der Waals surface area contributed by atoms with Crippen LogP contribution >= 0.6 is 11.6 Å². The van der Waals surface area contributed by atoms with Gasteiger partial charge in [-0.05, 0) is 49.9 Å². The average molecular weight is 428 g/mol. The minimum Gasteiger partial charge on any atom is -0.496 e. The van der Waals surface area contributed by atoms with Gasteiger partial charge in [-0.2, -0.15) is 0 Å². The van der Waals surface area contributed by atoms with E-state index in [-0.39, 0.29) is 23.8 Å². The molecule has 4 rings (SSSR count). The van der Waals surface area contributed by atoms with Crippen LogP contribution in [0.3, 0.4) is 0 Å². The van der Waals surface area contributed by atoms with E-state index >= 15 is 0 Å². The summed E-state index contributed by atoms with van der Waals surface area (Å²) in [5, 5.41) is 6.24. The van der Waals surface area contributed by atoms with Crippen LogP contribution in [0.5, 0.6) is 5.75 Å². The molecule has 1 aliphatic heterocycles. The molecular formula is C23H26ClN3O3. The Balaban J connectivity index is 1.44. The number of rotatable bonds is 6. The van der Waals surface area contributed by atoms with Crippen molar-refractivity contribution < 1.29 is 14.3 Å². The molecule has 1 saturated carbocycles. The van der Waals surface area contributed by atoms with Crippen molar-refractivity contribution in [2.24, 2.45) is 5.92 Å². The first kappa shape index (κ1) is 20.5. The van der Waals surface area contributed by atoms with Gasteiger partial charge in [0.15, 0.2) is 0 Å². The van der Waals surface area contributed by atoms with Crippen molar-refractivity contribution in [1.29, 1.82) is 0 Å². The summed E-state index contributed by atoms with van der Waals surface area (Å²) in [6.45, 7) is 3.71. The zero-order valence-electron chi connectivity index (χ0n) is 17.2. The van der Waals surface area contributed by atoms with Crippen molar-refractivity contribution in [2.75, 3.05) is 30.4 Å². The van der Waals surface area contributed by atoms with Crippen LogP contribution < -0.4 is 20.3 Å². The number of carbonyl (C=O) groups excluding carboxylic acids is 2. The number of aryl methyl sites for hydroxylation is 1. The molecule has 1 heterocycles. The highest BCUT2D eigenvalue weighted by Gasteiger charge is 2.30. The average Bonchev–Trinajstić information content (AvgIpc) is 3.48. The van der Waals surface area contributed by atoms with Crippen LogP contribution in [-0.4, -0.2) is 38.1 Å². The molecular weight excluding hydrogens is 402 g/mol. The number of amides is 2. The molecule has 0 spiro atoms. The second kappa shape index (κ2) is 8.56. The molecule has 1 unspecified atom stereocenters. The van der Waals surface area contributed by atoms with E-state index in [0.717, 1.165) is 32.4 Å². The van der Waals surface area contributed by atoms with Crippen LogP contribution in [-0.2, 0) is 4.79 Å². The third-order valence-electron chi connectivity index (χ3n) is 5.63. The number of anilines is 2. The van der Waals surface area contributed by atoms with Gasteiger partial charge in [0.2, 0.25) is 5.91 Å². The summed E-state index contributed by atoms with van der Waals surface area (Å²) in [5.41, 5.74) is 3.21. The Morgan fingerprint density at radius 3 is 2.67 bits per heavy atom. The second-order valence-corrected chi connectivity index (χ2v) is 8.45. The van der Waals surface area contributed by atoms with Crippen molar-refractivity contribution >= 4 is 34.8 Å². The number of halogens is 1. The Labute approximate surface area is 181 Å². The van der Waals surface area contributed by atoms with Gasteiger partial charge >= 0.3 is 0 Å². The molecule has 2 amide bonds. The lowest BCUT2D eigenvalue weighted by molar-refractivity contribution is -0.117. The third-order valence-corrected chi connectivity index (χ3v) is 5.94. The van der Waals surface area contributed by atoms with E-state index in [9.17, 15) is 9.59 Å². The lowest BCUT2D eigenvalue weighted by atomic mass is 10.1. The Hall–Kier alpha value is -2.73. The van der Waals surface area contributed by atoms with Crippen molar-refractivity contribution in [1.82, 2.24) is 5.32 Å². The van der Waals surface area contributed by atoms with E-state index < -0.39 is 0 Å². The van der Waals surface area contributed by atoms with E-state index in [4.69, 9.17) is 16.3 Å². The number of benzene rings is 2. The largest absolute Gasteiger partial charge is 0.496 e. The van der Waals surface area contributed by atoms with Crippen LogP contribution in [0.25, 0.3) is 0 Å². The van der Waals surface area contributed by atoms with Crippen molar-refractivity contribution in [3.63, 3.8) is 0 Å². The molecule has 0 aromatic heterocycles. The fourth-order valence-corrected chi connectivity index (χ4v) is 3.99. The Morgan fingerprint density at radius 2 is 1.97 bits per heavy atom. The zero-order valence-corrected chi connectivity index (χ0v) is 18.0. The summed E-state index contributed by atoms with van der Waals surface area (Å²) in [6.07, 6.45) is 2.68. The number of ether oxygens (including phenoxy) is 1. The van der Waals surface area contributed by atoms with Crippen molar-refractivity contribution in [3.05, 3.63) is 52.5 Å². The molecule has 0 radical (unpaired) electrons. The maximum Gasteiger partial charge on any atom is 0.255 e. The number of nitrogens with zero attached hydrogens (tertiary/aromatic N) is 1. The van der Waals surface area contributed by atoms with Gasteiger partial charge in [0, 0.05) is 36.8 Å². The number of hydrogen-bond acceptors (Lipinski definition) is 4. The Bertz CT molecular complexity index is 974. The molecule has 30 heavy (non-hydrogen) atoms. The summed E-state index contributed by atoms with van der Waals surface area (Å²) in [6, 6.07) is 11.6. The highest BCUT2D eigenvalue weighted by atomic mass is 35.5. The van der Waals surface area contributed by atoms with Gasteiger partial charge in [0.25, 0.3) is 5.91 Å². The van der Waals surface area contributed by atoms with E-state index in [2.05, 4.69) is 40.7 Å². The van der Waals surface area contributed by atoms with Crippen LogP contribution in [0.4, 0.5) is 11.4 Å². The van der Waals surface area contributed by atoms with Gasteiger partial charge in [-0.25, -0.2) is 0 Å². The fourth-order valence-electron chi connectivity index (χ4n) is 3.78. The highest BCUT2D eigenvalue weighted by Crippen LogP contribution is 2.34. The van der Waals surface area contributed by atoms with Crippen molar-refractivity contribution in [3.8, 4) is 5.75 Å². The lowest BCUT2D eigenvalue weighted by Gasteiger charge is -2.20. The van der Waals surface area contributed by atoms with E-state index in [1.54, 1.807) is 12.1 Å². The van der Waals surface area contributed by atoms with Gasteiger partial charge in [0.05, 0.1) is 23.4 Å². The molecule has 1 atom stereocenters. The first-order chi connectivity index (χ1) is 14.4. The zero-order chi connectivity index (χ0) is 21.3. The standard InChI is InChI=1S/C23H26ClN3O3/c1-14-4-3-5-17(10-14)27-9-8-16(13-27)25-23(29)18-11-19(24)20(12-21(18)30-2)26-22(28)15-6-7-15/h3-5,10-12,15-16H,6-9,13H2,1-2H3,(H,25,29)(H,26,28). The van der Waals surface area contributed by atoms with Crippen LogP contribution in [0, 0.1) is 12.8 Å². The molecule has 6 nitrogen and oxygen atoms in total. The minimum atomic E-state index is -0.232. The van der Waals surface area contributed by atoms with Gasteiger partial charge in [-0.15, -0.1) is 0 Å². The van der Waals surface area contributed by atoms with Crippen LogP contribution in [0.2, 0.25) is 5.02 Å². The summed E-state index contributed by atoms with van der Waals surface area (Å²) in [7, 11) is 1.50. The first-order valence-corrected chi connectivity index (χ1v) is 10.6. The molecule has 158 valence electrons. The molecule has 2 fully saturated rings. The summed E-state index contributed by atoms with van der Waals surface area (Å²) < 4.78 is 5.41.